The van der Waals surface area contributed by atoms with Crippen LogP contribution in [-0.4, -0.2) is 23.9 Å². The van der Waals surface area contributed by atoms with E-state index in [2.05, 4.69) is 21.3 Å². The van der Waals surface area contributed by atoms with Crippen LogP contribution in [0.3, 0.4) is 0 Å². The summed E-state index contributed by atoms with van der Waals surface area (Å²) in [6, 6.07) is 4.08. The Morgan fingerprint density at radius 1 is 0.692 bits per heavy atom. The van der Waals surface area contributed by atoms with Crippen molar-refractivity contribution in [2.24, 2.45) is 11.5 Å². The topological polar surface area (TPSA) is 168 Å². The molecule has 5 rings (SSSR count). The van der Waals surface area contributed by atoms with Gasteiger partial charge >= 0.3 is 12.1 Å². The predicted molar refractivity (Wildman–Crippen MR) is 155 cm³/mol. The first-order chi connectivity index (χ1) is 18.7. The van der Waals surface area contributed by atoms with Gasteiger partial charge in [-0.3, -0.25) is 20.2 Å². The van der Waals surface area contributed by atoms with Crippen molar-refractivity contribution >= 4 is 67.9 Å². The van der Waals surface area contributed by atoms with Crippen LogP contribution in [0.1, 0.15) is 72.8 Å². The van der Waals surface area contributed by atoms with Gasteiger partial charge in [-0.15, -0.1) is 22.7 Å². The zero-order valence-electron chi connectivity index (χ0n) is 21.5. The van der Waals surface area contributed by atoms with Crippen molar-refractivity contribution in [3.8, 4) is 0 Å². The normalized spacial score (nSPS) is 14.1. The standard InChI is InChI=1S/C27H30N6O4S2/c1-13-10-11-14(30-26(36)32-24-20(22(28)34)15-6-2-4-8-18(15)38-24)12-17(13)31-27(37)33-25-21(23(29)35)16-7-3-5-9-19(16)39-25/h10-12H,2-9H2,1H3,(H2,28,34)(H2,29,35)(H2,30,32,36)(H2,31,33,37). The highest BCUT2D eigenvalue weighted by molar-refractivity contribution is 7.17. The average Bonchev–Trinajstić information content (AvgIpc) is 3.43. The lowest BCUT2D eigenvalue weighted by molar-refractivity contribution is 0.0992. The van der Waals surface area contributed by atoms with Gasteiger partial charge in [0.25, 0.3) is 11.8 Å². The van der Waals surface area contributed by atoms with Crippen LogP contribution in [-0.2, 0) is 25.7 Å². The molecule has 8 N–H and O–H groups in total. The van der Waals surface area contributed by atoms with Gasteiger partial charge in [0, 0.05) is 21.1 Å². The first-order valence-electron chi connectivity index (χ1n) is 12.9. The first kappa shape index (κ1) is 26.7. The maximum atomic E-state index is 12.9. The van der Waals surface area contributed by atoms with Crippen LogP contribution in [0.5, 0.6) is 0 Å². The number of hydrogen-bond acceptors (Lipinski definition) is 6. The minimum atomic E-state index is -0.552. The quantitative estimate of drug-likeness (QED) is 0.236. The number of rotatable bonds is 6. The van der Waals surface area contributed by atoms with Crippen molar-refractivity contribution in [3.05, 3.63) is 55.8 Å². The van der Waals surface area contributed by atoms with Gasteiger partial charge in [-0.2, -0.15) is 0 Å². The number of thiophene rings is 2. The third kappa shape index (κ3) is 5.62. The molecule has 0 aliphatic heterocycles. The summed E-state index contributed by atoms with van der Waals surface area (Å²) >= 11 is 2.78. The van der Waals surface area contributed by atoms with Gasteiger partial charge in [-0.25, -0.2) is 9.59 Å². The van der Waals surface area contributed by atoms with Crippen LogP contribution in [0, 0.1) is 6.92 Å². The fourth-order valence-electron chi connectivity index (χ4n) is 5.19. The van der Waals surface area contributed by atoms with E-state index in [-0.39, 0.29) is 0 Å². The zero-order valence-corrected chi connectivity index (χ0v) is 23.1. The van der Waals surface area contributed by atoms with Crippen LogP contribution >= 0.6 is 22.7 Å². The summed E-state index contributed by atoms with van der Waals surface area (Å²) in [5.41, 5.74) is 15.6. The molecule has 0 radical (unpaired) electrons. The molecule has 3 aromatic rings. The Labute approximate surface area is 233 Å². The maximum Gasteiger partial charge on any atom is 0.324 e. The van der Waals surface area contributed by atoms with Crippen LogP contribution in [0.25, 0.3) is 0 Å². The van der Waals surface area contributed by atoms with E-state index in [0.717, 1.165) is 77.8 Å². The number of urea groups is 2. The molecule has 0 spiro atoms. The van der Waals surface area contributed by atoms with Gasteiger partial charge < -0.3 is 22.1 Å². The SMILES string of the molecule is Cc1ccc(NC(=O)Nc2sc3c(c2C(N)=O)CCCC3)cc1NC(=O)Nc1sc2c(c1C(N)=O)CCCC2. The molecule has 39 heavy (non-hydrogen) atoms. The molecule has 10 nitrogen and oxygen atoms in total. The minimum absolute atomic E-state index is 0.387. The van der Waals surface area contributed by atoms with Gasteiger partial charge in [-0.1, -0.05) is 6.07 Å². The highest BCUT2D eigenvalue weighted by Gasteiger charge is 2.26. The lowest BCUT2D eigenvalue weighted by atomic mass is 9.95. The van der Waals surface area contributed by atoms with Crippen molar-refractivity contribution in [2.75, 3.05) is 21.3 Å². The van der Waals surface area contributed by atoms with Crippen LogP contribution in [0.2, 0.25) is 0 Å². The molecule has 6 amide bonds. The first-order valence-corrected chi connectivity index (χ1v) is 14.5. The summed E-state index contributed by atoms with van der Waals surface area (Å²) in [4.78, 5) is 52.1. The number of hydrogen-bond donors (Lipinski definition) is 6. The lowest BCUT2D eigenvalue weighted by Crippen LogP contribution is -2.23. The van der Waals surface area contributed by atoms with E-state index in [4.69, 9.17) is 11.5 Å². The Morgan fingerprint density at radius 2 is 1.18 bits per heavy atom. The largest absolute Gasteiger partial charge is 0.365 e. The van der Waals surface area contributed by atoms with Gasteiger partial charge in [0.1, 0.15) is 10.0 Å². The molecule has 0 saturated carbocycles. The number of aryl methyl sites for hydroxylation is 3. The van der Waals surface area contributed by atoms with Gasteiger partial charge in [0.2, 0.25) is 0 Å². The molecule has 2 aliphatic rings. The molecule has 0 atom stereocenters. The van der Waals surface area contributed by atoms with Crippen LogP contribution in [0.15, 0.2) is 18.2 Å². The zero-order chi connectivity index (χ0) is 27.7. The Kier molecular flexibility index (Phi) is 7.58. The fraction of sp³-hybridized carbons (Fsp3) is 0.333. The maximum absolute atomic E-state index is 12.9. The molecule has 204 valence electrons. The van der Waals surface area contributed by atoms with E-state index in [1.807, 2.05) is 6.92 Å². The summed E-state index contributed by atoms with van der Waals surface area (Å²) in [6.07, 6.45) is 7.35. The lowest BCUT2D eigenvalue weighted by Gasteiger charge is -2.13. The number of nitrogens with two attached hydrogens (primary N) is 2. The summed E-state index contributed by atoms with van der Waals surface area (Å²) in [5, 5.41) is 12.0. The number of fused-ring (bicyclic) bond motifs is 2. The van der Waals surface area contributed by atoms with E-state index in [1.54, 1.807) is 18.2 Å². The van der Waals surface area contributed by atoms with Crippen molar-refractivity contribution in [2.45, 2.75) is 58.3 Å². The van der Waals surface area contributed by atoms with Crippen molar-refractivity contribution in [1.29, 1.82) is 0 Å². The summed E-state index contributed by atoms with van der Waals surface area (Å²) in [7, 11) is 0. The molecule has 2 aliphatic carbocycles. The molecule has 12 heteroatoms. The molecule has 2 heterocycles. The average molecular weight is 567 g/mol. The van der Waals surface area contributed by atoms with E-state index >= 15 is 0 Å². The Morgan fingerprint density at radius 3 is 1.69 bits per heavy atom. The summed E-state index contributed by atoms with van der Waals surface area (Å²) < 4.78 is 0. The Hall–Kier alpha value is -3.90. The van der Waals surface area contributed by atoms with Gasteiger partial charge in [0.05, 0.1) is 11.1 Å². The monoisotopic (exact) mass is 566 g/mol. The number of amides is 6. The summed E-state index contributed by atoms with van der Waals surface area (Å²) in [5.74, 6) is -1.10. The Balaban J connectivity index is 1.28. The third-order valence-electron chi connectivity index (χ3n) is 7.03. The molecule has 2 aromatic heterocycles. The second kappa shape index (κ2) is 11.1. The smallest absolute Gasteiger partial charge is 0.324 e. The number of carbonyl (C=O) groups excluding carboxylic acids is 4. The molecule has 0 saturated heterocycles. The number of benzene rings is 1. The number of primary amides is 2. The predicted octanol–water partition coefficient (Wildman–Crippen LogP) is 5.36. The molecular formula is C27H30N6O4S2. The minimum Gasteiger partial charge on any atom is -0.365 e. The van der Waals surface area contributed by atoms with Crippen LogP contribution in [0.4, 0.5) is 31.0 Å². The third-order valence-corrected chi connectivity index (χ3v) is 9.45. The van der Waals surface area contributed by atoms with Crippen molar-refractivity contribution in [1.82, 2.24) is 0 Å². The molecule has 1 aromatic carbocycles. The van der Waals surface area contributed by atoms with Crippen molar-refractivity contribution in [3.63, 3.8) is 0 Å². The number of carbonyl (C=O) groups is 4. The van der Waals surface area contributed by atoms with Gasteiger partial charge in [0.15, 0.2) is 0 Å². The van der Waals surface area contributed by atoms with Crippen LogP contribution < -0.4 is 32.7 Å². The van der Waals surface area contributed by atoms with E-state index in [9.17, 15) is 19.2 Å². The highest BCUT2D eigenvalue weighted by atomic mass is 32.1. The number of nitrogens with one attached hydrogen (secondary N) is 4. The highest BCUT2D eigenvalue weighted by Crippen LogP contribution is 2.39. The summed E-state index contributed by atoms with van der Waals surface area (Å²) in [6.45, 7) is 1.83. The molecule has 0 unspecified atom stereocenters. The fourth-order valence-corrected chi connectivity index (χ4v) is 7.77. The molecule has 0 bridgehead atoms. The second-order valence-electron chi connectivity index (χ2n) is 9.75. The number of anilines is 4. The molecule has 0 fully saturated rings. The van der Waals surface area contributed by atoms with E-state index in [0.29, 0.717) is 32.5 Å². The van der Waals surface area contributed by atoms with Gasteiger partial charge in [-0.05, 0) is 87.1 Å². The Bertz CT molecular complexity index is 1490. The molecular weight excluding hydrogens is 536 g/mol. The van der Waals surface area contributed by atoms with E-state index in [1.165, 1.54) is 22.7 Å². The van der Waals surface area contributed by atoms with Crippen molar-refractivity contribution < 1.29 is 19.2 Å². The van der Waals surface area contributed by atoms with E-state index < -0.39 is 23.9 Å². The second-order valence-corrected chi connectivity index (χ2v) is 12.0.